The van der Waals surface area contributed by atoms with E-state index in [1.807, 2.05) is 6.08 Å². The second-order valence-corrected chi connectivity index (χ2v) is 25.3. The summed E-state index contributed by atoms with van der Waals surface area (Å²) in [4.78, 5) is 13.4. The molecule has 516 valence electrons. The number of unbranched alkanes of at least 4 members (excludes halogenated alkanes) is 34. The lowest BCUT2D eigenvalue weighted by atomic mass is 9.97. The van der Waals surface area contributed by atoms with E-state index < -0.39 is 86.8 Å². The Bertz CT molecular complexity index is 1820. The third-order valence-electron chi connectivity index (χ3n) is 17.3. The third kappa shape index (κ3) is 42.9. The molecular weight excluding hydrogens is 1120 g/mol. The molecule has 0 radical (unpaired) electrons. The first-order valence-electron chi connectivity index (χ1n) is 36.3. The Morgan fingerprint density at radius 3 is 1.19 bits per heavy atom. The van der Waals surface area contributed by atoms with Crippen LogP contribution >= 0.6 is 0 Å². The highest BCUT2D eigenvalue weighted by molar-refractivity contribution is 5.76. The number of rotatable bonds is 59. The van der Waals surface area contributed by atoms with Gasteiger partial charge in [-0.2, -0.15) is 0 Å². The highest BCUT2D eigenvalue weighted by Gasteiger charge is 2.51. The number of carbonyl (C=O) groups is 1. The van der Waals surface area contributed by atoms with Crippen LogP contribution in [0.4, 0.5) is 0 Å². The zero-order valence-electron chi connectivity index (χ0n) is 56.2. The van der Waals surface area contributed by atoms with E-state index in [1.54, 1.807) is 6.08 Å². The topological polar surface area (TPSA) is 228 Å². The fourth-order valence-corrected chi connectivity index (χ4v) is 11.6. The first-order valence-corrected chi connectivity index (χ1v) is 36.3. The van der Waals surface area contributed by atoms with E-state index in [-0.39, 0.29) is 18.9 Å². The van der Waals surface area contributed by atoms with Crippen molar-refractivity contribution >= 4 is 5.91 Å². The lowest BCUT2D eigenvalue weighted by Gasteiger charge is -2.46. The van der Waals surface area contributed by atoms with Crippen molar-refractivity contribution in [2.75, 3.05) is 19.8 Å². The maximum absolute atomic E-state index is 13.4. The highest BCUT2D eigenvalue weighted by Crippen LogP contribution is 2.30. The van der Waals surface area contributed by atoms with Gasteiger partial charge >= 0.3 is 0 Å². The average molecular weight is 1260 g/mol. The summed E-state index contributed by atoms with van der Waals surface area (Å²) >= 11 is 0. The van der Waals surface area contributed by atoms with Crippen molar-refractivity contribution in [3.8, 4) is 0 Å². The molecule has 14 nitrogen and oxygen atoms in total. The van der Waals surface area contributed by atoms with Crippen molar-refractivity contribution in [3.63, 3.8) is 0 Å². The molecule has 12 unspecified atom stereocenters. The molecule has 0 aromatic heterocycles. The van der Waals surface area contributed by atoms with Crippen molar-refractivity contribution in [1.82, 2.24) is 5.32 Å². The molecule has 2 fully saturated rings. The van der Waals surface area contributed by atoms with Crippen LogP contribution in [-0.4, -0.2) is 140 Å². The van der Waals surface area contributed by atoms with Gasteiger partial charge in [0.05, 0.1) is 32.0 Å². The van der Waals surface area contributed by atoms with Gasteiger partial charge in [0, 0.05) is 6.42 Å². The third-order valence-corrected chi connectivity index (χ3v) is 17.3. The van der Waals surface area contributed by atoms with Crippen LogP contribution in [-0.2, 0) is 23.7 Å². The molecule has 2 rings (SSSR count). The van der Waals surface area contributed by atoms with Crippen LogP contribution in [0.1, 0.15) is 290 Å². The molecule has 89 heavy (non-hydrogen) atoms. The first-order chi connectivity index (χ1) is 43.6. The number of aliphatic hydroxyl groups excluding tert-OH is 8. The molecule has 2 saturated heterocycles. The van der Waals surface area contributed by atoms with Crippen LogP contribution in [0.3, 0.4) is 0 Å². The standard InChI is InChI=1S/C75H133NO13/c1-3-5-7-9-11-13-15-17-19-21-23-25-27-29-31-32-33-35-37-39-41-43-45-47-49-51-53-55-57-59-67(80)76-63(62-86-74-72(85)70(83)73(66(61-78)88-74)89-75-71(84)69(82)68(81)65(60-77)87-75)64(79)58-56-54-52-50-48-46-44-42-40-38-36-34-30-28-26-24-22-20-18-16-14-12-10-8-6-4-2/h5,7,11,13,17,19,23,25,29,31,33,35,56,58,63-66,68-75,77-79,81-85H,3-4,6,8-10,12,14-16,18,20-22,24,26-28,30,32,34,36-55,57,59-62H2,1-2H3,(H,76,80)/b7-5-,13-11-,19-17-,25-23-,31-29-,35-33-,58-56+. The summed E-state index contributed by atoms with van der Waals surface area (Å²) in [5.41, 5.74) is 0. The number of allylic oxidation sites excluding steroid dienone is 13. The number of hydrogen-bond donors (Lipinski definition) is 9. The average Bonchev–Trinajstić information content (AvgIpc) is 2.51. The molecule has 2 aliphatic rings. The number of nitrogens with one attached hydrogen (secondary N) is 1. The predicted molar refractivity (Wildman–Crippen MR) is 364 cm³/mol. The Labute approximate surface area is 541 Å². The SMILES string of the molecule is CC/C=C\C/C=C\C/C=C\C/C=C\C/C=C\C/C=C\CCCCCCCCCCCCC(=O)NC(COC1OC(CO)C(OC2OC(CO)C(O)C(O)C2O)C(O)C1O)C(O)/C=C/CCCCCCCCCCCCCCCCCCCCCCCCCC. The van der Waals surface area contributed by atoms with Gasteiger partial charge in [0.2, 0.25) is 5.91 Å². The summed E-state index contributed by atoms with van der Waals surface area (Å²) in [5, 5.41) is 87.5. The predicted octanol–water partition coefficient (Wildman–Crippen LogP) is 15.2. The van der Waals surface area contributed by atoms with Crippen LogP contribution in [0.5, 0.6) is 0 Å². The molecule has 0 saturated carbocycles. The molecule has 12 atom stereocenters. The van der Waals surface area contributed by atoms with Gasteiger partial charge < -0.3 is 65.1 Å². The van der Waals surface area contributed by atoms with E-state index >= 15 is 0 Å². The summed E-state index contributed by atoms with van der Waals surface area (Å²) in [7, 11) is 0. The lowest BCUT2D eigenvalue weighted by Crippen LogP contribution is -2.65. The molecule has 0 bridgehead atoms. The van der Waals surface area contributed by atoms with Crippen LogP contribution in [0.25, 0.3) is 0 Å². The second-order valence-electron chi connectivity index (χ2n) is 25.3. The van der Waals surface area contributed by atoms with Gasteiger partial charge in [-0.25, -0.2) is 0 Å². The zero-order chi connectivity index (χ0) is 64.5. The van der Waals surface area contributed by atoms with E-state index in [9.17, 15) is 45.6 Å². The molecule has 14 heteroatoms. The van der Waals surface area contributed by atoms with Gasteiger partial charge in [-0.1, -0.05) is 298 Å². The van der Waals surface area contributed by atoms with E-state index in [0.717, 1.165) is 83.5 Å². The van der Waals surface area contributed by atoms with E-state index in [2.05, 4.69) is 92.1 Å². The summed E-state index contributed by atoms with van der Waals surface area (Å²) in [6.45, 7) is 2.71. The Morgan fingerprint density at radius 2 is 0.775 bits per heavy atom. The Morgan fingerprint density at radius 1 is 0.416 bits per heavy atom. The molecule has 0 aromatic rings. The number of aliphatic hydroxyl groups is 8. The van der Waals surface area contributed by atoms with E-state index in [1.165, 1.54) is 180 Å². The maximum Gasteiger partial charge on any atom is 0.220 e. The Balaban J connectivity index is 1.68. The maximum atomic E-state index is 13.4. The first kappa shape index (κ1) is 82.3. The van der Waals surface area contributed by atoms with Crippen molar-refractivity contribution in [3.05, 3.63) is 85.1 Å². The van der Waals surface area contributed by atoms with Gasteiger partial charge in [-0.05, 0) is 70.6 Å². The summed E-state index contributed by atoms with van der Waals surface area (Å²) in [5.74, 6) is -0.244. The minimum Gasteiger partial charge on any atom is -0.394 e. The van der Waals surface area contributed by atoms with Crippen LogP contribution in [0.15, 0.2) is 85.1 Å². The van der Waals surface area contributed by atoms with Crippen molar-refractivity contribution in [2.45, 2.75) is 364 Å². The van der Waals surface area contributed by atoms with Gasteiger partial charge in [-0.3, -0.25) is 4.79 Å². The fourth-order valence-electron chi connectivity index (χ4n) is 11.6. The van der Waals surface area contributed by atoms with E-state index in [0.29, 0.717) is 6.42 Å². The largest absolute Gasteiger partial charge is 0.394 e. The molecule has 0 aliphatic carbocycles. The molecule has 0 spiro atoms. The summed E-state index contributed by atoms with van der Waals surface area (Å²) in [6.07, 6.45) is 64.9. The number of amides is 1. The molecular formula is C75H133NO13. The molecule has 9 N–H and O–H groups in total. The second kappa shape index (κ2) is 59.0. The van der Waals surface area contributed by atoms with Gasteiger partial charge in [0.15, 0.2) is 12.6 Å². The van der Waals surface area contributed by atoms with Crippen LogP contribution in [0, 0.1) is 0 Å². The number of ether oxygens (including phenoxy) is 4. The van der Waals surface area contributed by atoms with Crippen molar-refractivity contribution < 1.29 is 64.6 Å². The monoisotopic (exact) mass is 1260 g/mol. The highest BCUT2D eigenvalue weighted by atomic mass is 16.7. The van der Waals surface area contributed by atoms with Gasteiger partial charge in [0.25, 0.3) is 0 Å². The molecule has 0 aromatic carbocycles. The van der Waals surface area contributed by atoms with Crippen molar-refractivity contribution in [2.24, 2.45) is 0 Å². The number of hydrogen-bond acceptors (Lipinski definition) is 13. The molecule has 1 amide bonds. The van der Waals surface area contributed by atoms with E-state index in [4.69, 9.17) is 18.9 Å². The minimum absolute atomic E-state index is 0.244. The Hall–Kier alpha value is -2.83. The summed E-state index contributed by atoms with van der Waals surface area (Å²) < 4.78 is 22.9. The minimum atomic E-state index is -1.79. The fraction of sp³-hybridized carbons (Fsp3) is 0.800. The number of carbonyl (C=O) groups excluding carboxylic acids is 1. The lowest BCUT2D eigenvalue weighted by molar-refractivity contribution is -0.359. The van der Waals surface area contributed by atoms with Crippen LogP contribution < -0.4 is 5.32 Å². The zero-order valence-corrected chi connectivity index (χ0v) is 56.2. The Kier molecular flexibility index (Phi) is 54.5. The quantitative estimate of drug-likeness (QED) is 0.0204. The van der Waals surface area contributed by atoms with Crippen LogP contribution in [0.2, 0.25) is 0 Å². The molecule has 2 heterocycles. The smallest absolute Gasteiger partial charge is 0.220 e. The van der Waals surface area contributed by atoms with Crippen molar-refractivity contribution in [1.29, 1.82) is 0 Å². The molecule has 2 aliphatic heterocycles. The summed E-state index contributed by atoms with van der Waals surface area (Å²) in [6, 6.07) is -0.924. The van der Waals surface area contributed by atoms with Gasteiger partial charge in [-0.15, -0.1) is 0 Å². The normalized spacial score (nSPS) is 23.5. The van der Waals surface area contributed by atoms with Gasteiger partial charge in [0.1, 0.15) is 48.8 Å².